The maximum absolute atomic E-state index is 5.94. The Morgan fingerprint density at radius 1 is 1.31 bits per heavy atom. The van der Waals surface area contributed by atoms with Crippen molar-refractivity contribution in [2.45, 2.75) is 19.9 Å². The normalized spacial score (nSPS) is 15.2. The predicted octanol–water partition coefficient (Wildman–Crippen LogP) is 1.84. The molecular weight excluding hydrogens is 447 g/mol. The summed E-state index contributed by atoms with van der Waals surface area (Å²) in [5.41, 5.74) is 6.96. The fourth-order valence-electron chi connectivity index (χ4n) is 2.66. The summed E-state index contributed by atoms with van der Waals surface area (Å²) in [6.07, 6.45) is 1.03. The topological polar surface area (TPSA) is 81.3 Å². The maximum atomic E-state index is 5.94. The minimum atomic E-state index is 0. The van der Waals surface area contributed by atoms with Gasteiger partial charge in [0.25, 0.3) is 0 Å². The zero-order chi connectivity index (χ0) is 17.9. The number of guanidine groups is 1. The van der Waals surface area contributed by atoms with Crippen molar-refractivity contribution in [2.24, 2.45) is 10.7 Å². The van der Waals surface area contributed by atoms with Crippen LogP contribution in [-0.2, 0) is 11.3 Å². The molecule has 0 aromatic heterocycles. The Morgan fingerprint density at radius 3 is 2.77 bits per heavy atom. The first-order chi connectivity index (χ1) is 12.2. The van der Waals surface area contributed by atoms with E-state index in [-0.39, 0.29) is 24.0 Å². The molecule has 0 spiro atoms. The quantitative estimate of drug-likeness (QED) is 0.244. The fraction of sp³-hybridized carbons (Fsp3) is 0.611. The molecule has 1 aromatic rings. The van der Waals surface area contributed by atoms with Crippen LogP contribution in [0.4, 0.5) is 0 Å². The summed E-state index contributed by atoms with van der Waals surface area (Å²) in [5.74, 6) is 1.92. The summed E-state index contributed by atoms with van der Waals surface area (Å²) in [4.78, 5) is 6.79. The molecule has 0 saturated carbocycles. The van der Waals surface area contributed by atoms with Gasteiger partial charge in [-0.05, 0) is 37.6 Å². The molecule has 7 nitrogen and oxygen atoms in total. The first-order valence-electron chi connectivity index (χ1n) is 8.86. The summed E-state index contributed by atoms with van der Waals surface area (Å²) < 4.78 is 16.2. The number of rotatable bonds is 9. The number of nitrogens with two attached hydrogens (primary N) is 1. The molecule has 0 atom stereocenters. The molecule has 3 N–H and O–H groups in total. The second-order valence-electron chi connectivity index (χ2n) is 5.85. The molecule has 0 unspecified atom stereocenters. The van der Waals surface area contributed by atoms with E-state index in [0.29, 0.717) is 24.9 Å². The van der Waals surface area contributed by atoms with Crippen molar-refractivity contribution >= 4 is 29.9 Å². The van der Waals surface area contributed by atoms with Gasteiger partial charge in [0.05, 0.1) is 33.5 Å². The molecule has 1 heterocycles. The van der Waals surface area contributed by atoms with Crippen molar-refractivity contribution in [2.75, 3.05) is 53.1 Å². The lowest BCUT2D eigenvalue weighted by atomic mass is 10.2. The van der Waals surface area contributed by atoms with Gasteiger partial charge in [-0.2, -0.15) is 0 Å². The molecule has 1 aliphatic heterocycles. The Labute approximate surface area is 173 Å². The lowest BCUT2D eigenvalue weighted by Crippen LogP contribution is -2.39. The van der Waals surface area contributed by atoms with Crippen molar-refractivity contribution in [1.29, 1.82) is 0 Å². The van der Waals surface area contributed by atoms with Crippen LogP contribution in [0.5, 0.6) is 11.5 Å². The van der Waals surface area contributed by atoms with Crippen molar-refractivity contribution < 1.29 is 14.2 Å². The summed E-state index contributed by atoms with van der Waals surface area (Å²) >= 11 is 0. The predicted molar refractivity (Wildman–Crippen MR) is 115 cm³/mol. The van der Waals surface area contributed by atoms with E-state index in [0.717, 1.165) is 57.1 Å². The van der Waals surface area contributed by atoms with Gasteiger partial charge in [0.15, 0.2) is 17.5 Å². The molecule has 2 rings (SSSR count). The number of nitrogens with zero attached hydrogens (tertiary/aromatic N) is 2. The zero-order valence-corrected chi connectivity index (χ0v) is 18.0. The van der Waals surface area contributed by atoms with E-state index >= 15 is 0 Å². The Bertz CT molecular complexity index is 551. The number of nitrogens with one attached hydrogen (secondary N) is 1. The molecule has 0 radical (unpaired) electrons. The minimum Gasteiger partial charge on any atom is -0.493 e. The van der Waals surface area contributed by atoms with Gasteiger partial charge in [-0.15, -0.1) is 24.0 Å². The number of benzene rings is 1. The van der Waals surface area contributed by atoms with Gasteiger partial charge >= 0.3 is 0 Å². The fourth-order valence-corrected chi connectivity index (χ4v) is 2.66. The molecule has 0 aliphatic carbocycles. The minimum absolute atomic E-state index is 0. The van der Waals surface area contributed by atoms with Gasteiger partial charge in [0, 0.05) is 19.6 Å². The van der Waals surface area contributed by atoms with Crippen LogP contribution in [0.25, 0.3) is 0 Å². The van der Waals surface area contributed by atoms with E-state index in [1.807, 2.05) is 25.1 Å². The molecule has 1 fully saturated rings. The number of halogens is 1. The van der Waals surface area contributed by atoms with Crippen LogP contribution in [0, 0.1) is 0 Å². The van der Waals surface area contributed by atoms with E-state index in [1.54, 1.807) is 7.11 Å². The Hall–Kier alpha value is -1.26. The third-order valence-corrected chi connectivity index (χ3v) is 4.02. The molecule has 1 saturated heterocycles. The lowest BCUT2D eigenvalue weighted by Gasteiger charge is -2.26. The van der Waals surface area contributed by atoms with E-state index in [1.165, 1.54) is 0 Å². The molecule has 0 amide bonds. The summed E-state index contributed by atoms with van der Waals surface area (Å²) in [5, 5.41) is 3.17. The number of aliphatic imine (C=N–C) groups is 1. The van der Waals surface area contributed by atoms with Gasteiger partial charge < -0.3 is 25.3 Å². The maximum Gasteiger partial charge on any atom is 0.188 e. The van der Waals surface area contributed by atoms with Crippen LogP contribution in [0.3, 0.4) is 0 Å². The first-order valence-corrected chi connectivity index (χ1v) is 8.86. The smallest absolute Gasteiger partial charge is 0.188 e. The number of methoxy groups -OCH3 is 1. The number of morpholine rings is 1. The third kappa shape index (κ3) is 7.96. The van der Waals surface area contributed by atoms with Crippen LogP contribution in [0.2, 0.25) is 0 Å². The van der Waals surface area contributed by atoms with Gasteiger partial charge in [-0.25, -0.2) is 4.99 Å². The van der Waals surface area contributed by atoms with Gasteiger partial charge in [0.1, 0.15) is 0 Å². The molecule has 26 heavy (non-hydrogen) atoms. The van der Waals surface area contributed by atoms with Gasteiger partial charge in [-0.3, -0.25) is 4.90 Å². The Balaban J connectivity index is 0.00000338. The van der Waals surface area contributed by atoms with Crippen LogP contribution in [-0.4, -0.2) is 64.0 Å². The lowest BCUT2D eigenvalue weighted by molar-refractivity contribution is 0.0376. The van der Waals surface area contributed by atoms with Crippen LogP contribution < -0.4 is 20.5 Å². The summed E-state index contributed by atoms with van der Waals surface area (Å²) in [6, 6.07) is 5.81. The van der Waals surface area contributed by atoms with Crippen molar-refractivity contribution in [1.82, 2.24) is 10.2 Å². The molecule has 148 valence electrons. The third-order valence-electron chi connectivity index (χ3n) is 4.02. The van der Waals surface area contributed by atoms with E-state index < -0.39 is 0 Å². The highest BCUT2D eigenvalue weighted by Crippen LogP contribution is 2.28. The molecule has 8 heteroatoms. The van der Waals surface area contributed by atoms with Crippen LogP contribution in [0.15, 0.2) is 23.2 Å². The largest absolute Gasteiger partial charge is 0.493 e. The van der Waals surface area contributed by atoms with Crippen molar-refractivity contribution in [3.8, 4) is 11.5 Å². The zero-order valence-electron chi connectivity index (χ0n) is 15.7. The average Bonchev–Trinajstić information content (AvgIpc) is 2.65. The SMILES string of the molecule is CCOc1ccc(CN=C(N)NCCCN2CCOCC2)cc1OC.I. The summed E-state index contributed by atoms with van der Waals surface area (Å²) in [7, 11) is 1.63. The molecule has 0 bridgehead atoms. The second kappa shape index (κ2) is 13.0. The highest BCUT2D eigenvalue weighted by molar-refractivity contribution is 14.0. The monoisotopic (exact) mass is 478 g/mol. The van der Waals surface area contributed by atoms with Crippen LogP contribution in [0.1, 0.15) is 18.9 Å². The standard InChI is InChI=1S/C18H30N4O3.HI/c1-3-25-16-6-5-15(13-17(16)23-2)14-21-18(19)20-7-4-8-22-9-11-24-12-10-22;/h5-6,13H,3-4,7-12,14H2,1-2H3,(H3,19,20,21);1H. The molecular formula is C18H31IN4O3. The van der Waals surface area contributed by atoms with Gasteiger partial charge in [0.2, 0.25) is 0 Å². The van der Waals surface area contributed by atoms with Crippen molar-refractivity contribution in [3.63, 3.8) is 0 Å². The van der Waals surface area contributed by atoms with Crippen molar-refractivity contribution in [3.05, 3.63) is 23.8 Å². The first kappa shape index (κ1) is 22.8. The Kier molecular flexibility index (Phi) is 11.4. The summed E-state index contributed by atoms with van der Waals surface area (Å²) in [6.45, 7) is 8.64. The molecule has 1 aromatic carbocycles. The molecule has 1 aliphatic rings. The second-order valence-corrected chi connectivity index (χ2v) is 5.85. The van der Waals surface area contributed by atoms with E-state index in [4.69, 9.17) is 19.9 Å². The number of hydrogen-bond donors (Lipinski definition) is 2. The average molecular weight is 478 g/mol. The van der Waals surface area contributed by atoms with E-state index in [9.17, 15) is 0 Å². The Morgan fingerprint density at radius 2 is 2.08 bits per heavy atom. The van der Waals surface area contributed by atoms with Crippen LogP contribution >= 0.6 is 24.0 Å². The number of ether oxygens (including phenoxy) is 3. The van der Waals surface area contributed by atoms with E-state index in [2.05, 4.69) is 15.2 Å². The van der Waals surface area contributed by atoms with Gasteiger partial charge in [-0.1, -0.05) is 6.07 Å². The number of hydrogen-bond acceptors (Lipinski definition) is 5. The highest BCUT2D eigenvalue weighted by Gasteiger charge is 2.09. The highest BCUT2D eigenvalue weighted by atomic mass is 127.